The first-order chi connectivity index (χ1) is 32.8. The normalized spacial score (nSPS) is 23.3. The highest BCUT2D eigenvalue weighted by Crippen LogP contribution is 2.61. The summed E-state index contributed by atoms with van der Waals surface area (Å²) in [5.74, 6) is 3.50. The zero-order valence-electron chi connectivity index (χ0n) is 39.8. The third-order valence-corrected chi connectivity index (χ3v) is 18.0. The first-order valence-electron chi connectivity index (χ1n) is 26.2. The number of para-hydroxylation sites is 1. The molecule has 0 spiro atoms. The molecule has 67 heavy (non-hydrogen) atoms. The number of hydrogen-bond donors (Lipinski definition) is 0. The molecule has 0 atom stereocenters. The van der Waals surface area contributed by atoms with Gasteiger partial charge < -0.3 is 9.80 Å². The fraction of sp³-hybridized carbons (Fsp3) is 0.354. The van der Waals surface area contributed by atoms with Crippen molar-refractivity contribution < 1.29 is 0 Å². The highest BCUT2D eigenvalue weighted by atomic mass is 15.2. The SMILES string of the molecule is CC1(C)c2ccccc2-c2ccc(N(c3ccc(C45CC6CC(CC(C6)C4)C5)cc3)c3cc4ccc3CCc3ccc(c(N(c5ccccc5)c5ccc(C6CCCCC6)cc5)c3)CC4)cc21. The molecule has 0 amide bonds. The van der Waals surface area contributed by atoms with Crippen LogP contribution in [-0.4, -0.2) is 0 Å². The van der Waals surface area contributed by atoms with Gasteiger partial charge in [0.2, 0.25) is 0 Å². The topological polar surface area (TPSA) is 6.48 Å². The molecule has 0 saturated heterocycles. The fourth-order valence-corrected chi connectivity index (χ4v) is 14.9. The lowest BCUT2D eigenvalue weighted by Crippen LogP contribution is -2.48. The molecule has 0 unspecified atom stereocenters. The summed E-state index contributed by atoms with van der Waals surface area (Å²) in [5, 5.41) is 0. The van der Waals surface area contributed by atoms with Gasteiger partial charge in [-0.2, -0.15) is 0 Å². The van der Waals surface area contributed by atoms with Crippen LogP contribution in [0.3, 0.4) is 0 Å². The summed E-state index contributed by atoms with van der Waals surface area (Å²) < 4.78 is 0. The van der Waals surface area contributed by atoms with E-state index in [1.165, 1.54) is 155 Å². The summed E-state index contributed by atoms with van der Waals surface area (Å²) in [6, 6.07) is 62.1. The molecule has 0 aromatic heterocycles. The number of fused-ring (bicyclic) bond motifs is 3. The zero-order valence-corrected chi connectivity index (χ0v) is 39.8. The Balaban J connectivity index is 0.883. The minimum atomic E-state index is -0.0772. The van der Waals surface area contributed by atoms with E-state index in [-0.39, 0.29) is 5.41 Å². The monoisotopic (exact) mass is 875 g/mol. The Kier molecular flexibility index (Phi) is 10.1. The zero-order chi connectivity index (χ0) is 44.7. The average molecular weight is 875 g/mol. The summed E-state index contributed by atoms with van der Waals surface area (Å²) >= 11 is 0. The van der Waals surface area contributed by atoms with Crippen molar-refractivity contribution in [2.24, 2.45) is 17.8 Å². The van der Waals surface area contributed by atoms with E-state index in [9.17, 15) is 0 Å². The summed E-state index contributed by atoms with van der Waals surface area (Å²) in [6.07, 6.45) is 19.2. The van der Waals surface area contributed by atoms with Crippen LogP contribution in [0.1, 0.15) is 135 Å². The van der Waals surface area contributed by atoms with Crippen LogP contribution >= 0.6 is 0 Å². The van der Waals surface area contributed by atoms with Crippen molar-refractivity contribution in [2.45, 2.75) is 127 Å². The summed E-state index contributed by atoms with van der Waals surface area (Å²) in [7, 11) is 0. The molecule has 336 valence electrons. The molecule has 0 heterocycles. The van der Waals surface area contributed by atoms with E-state index in [1.807, 2.05) is 0 Å². The second-order valence-electron chi connectivity index (χ2n) is 22.5. The van der Waals surface area contributed by atoms with E-state index in [0.717, 1.165) is 43.4 Å². The lowest BCUT2D eigenvalue weighted by atomic mass is 9.48. The third-order valence-electron chi connectivity index (χ3n) is 18.0. The molecule has 0 radical (unpaired) electrons. The number of hydrogen-bond acceptors (Lipinski definition) is 2. The number of anilines is 6. The maximum atomic E-state index is 2.63. The second-order valence-corrected chi connectivity index (χ2v) is 22.5. The Bertz CT molecular complexity index is 2920. The number of benzene rings is 7. The smallest absolute Gasteiger partial charge is 0.0496 e. The molecule has 10 aliphatic rings. The average Bonchev–Trinajstić information content (AvgIpc) is 3.58. The Morgan fingerprint density at radius 3 is 1.58 bits per heavy atom. The highest BCUT2D eigenvalue weighted by molar-refractivity contribution is 5.86. The maximum Gasteiger partial charge on any atom is 0.0496 e. The predicted octanol–water partition coefficient (Wildman–Crippen LogP) is 17.3. The molecule has 0 N–H and O–H groups in total. The predicted molar refractivity (Wildman–Crippen MR) is 280 cm³/mol. The van der Waals surface area contributed by atoms with Gasteiger partial charge in [0.25, 0.3) is 0 Å². The van der Waals surface area contributed by atoms with Crippen LogP contribution in [0, 0.1) is 17.8 Å². The molecule has 17 rings (SSSR count). The summed E-state index contributed by atoms with van der Waals surface area (Å²) in [5.41, 5.74) is 22.2. The molecule has 2 heteroatoms. The van der Waals surface area contributed by atoms with Gasteiger partial charge in [0.1, 0.15) is 0 Å². The van der Waals surface area contributed by atoms with E-state index in [1.54, 1.807) is 5.56 Å². The van der Waals surface area contributed by atoms with Crippen LogP contribution in [0.25, 0.3) is 11.1 Å². The van der Waals surface area contributed by atoms with Gasteiger partial charge in [0, 0.05) is 39.5 Å². The van der Waals surface area contributed by atoms with Crippen LogP contribution < -0.4 is 9.80 Å². The van der Waals surface area contributed by atoms with Gasteiger partial charge in [0.15, 0.2) is 0 Å². The van der Waals surface area contributed by atoms with Crippen molar-refractivity contribution in [3.63, 3.8) is 0 Å². The Labute approximate surface area is 400 Å². The summed E-state index contributed by atoms with van der Waals surface area (Å²) in [4.78, 5) is 5.17. The lowest BCUT2D eigenvalue weighted by Gasteiger charge is -2.57. The van der Waals surface area contributed by atoms with E-state index >= 15 is 0 Å². The molecular weight excluding hydrogens is 809 g/mol. The van der Waals surface area contributed by atoms with Crippen molar-refractivity contribution in [3.05, 3.63) is 202 Å². The van der Waals surface area contributed by atoms with Crippen LogP contribution in [0.4, 0.5) is 34.1 Å². The van der Waals surface area contributed by atoms with Gasteiger partial charge >= 0.3 is 0 Å². The van der Waals surface area contributed by atoms with Crippen LogP contribution in [0.5, 0.6) is 0 Å². The Morgan fingerprint density at radius 2 is 0.955 bits per heavy atom. The van der Waals surface area contributed by atoms with Crippen molar-refractivity contribution >= 4 is 34.1 Å². The van der Waals surface area contributed by atoms with Gasteiger partial charge in [-0.3, -0.25) is 0 Å². The minimum Gasteiger partial charge on any atom is -0.310 e. The molecule has 10 aliphatic carbocycles. The van der Waals surface area contributed by atoms with E-state index in [2.05, 4.69) is 181 Å². The van der Waals surface area contributed by atoms with Gasteiger partial charge in [-0.05, 0) is 222 Å². The standard InChI is InChI=1S/C65H66N2/c1-64(2)60-16-10-9-15-58(60)59-34-33-57(40-61(59)64)67(56-31-27-53(28-32-56)65-41-46-35-47(42-65)37-48(36-46)43-65)63-39-45-18-22-51-21-17-44(19-23-52(63)24-20-45)38-62(51)66(54-13-7-4-8-14-54)55-29-25-50(26-30-55)49-11-5-3-6-12-49/h4,7-10,13-17,20-21,24-34,38-40,46-49H,3,5-6,11-12,18-19,22-23,35-37,41-43H2,1-2H3. The van der Waals surface area contributed by atoms with Gasteiger partial charge in [-0.1, -0.05) is 130 Å². The number of nitrogens with zero attached hydrogens (tertiary/aromatic N) is 2. The first-order valence-corrected chi connectivity index (χ1v) is 26.2. The van der Waals surface area contributed by atoms with Crippen molar-refractivity contribution in [1.29, 1.82) is 0 Å². The number of aryl methyl sites for hydroxylation is 4. The van der Waals surface area contributed by atoms with Crippen molar-refractivity contribution in [2.75, 3.05) is 9.80 Å². The third kappa shape index (κ3) is 7.28. The van der Waals surface area contributed by atoms with Crippen LogP contribution in [-0.2, 0) is 36.5 Å². The molecule has 8 bridgehead atoms. The highest BCUT2D eigenvalue weighted by Gasteiger charge is 2.51. The lowest BCUT2D eigenvalue weighted by molar-refractivity contribution is -0.00518. The molecule has 2 nitrogen and oxygen atoms in total. The maximum absolute atomic E-state index is 2.63. The van der Waals surface area contributed by atoms with Crippen molar-refractivity contribution in [1.82, 2.24) is 0 Å². The molecular formula is C65H66N2. The molecule has 7 aromatic carbocycles. The first kappa shape index (κ1) is 41.3. The Hall–Kier alpha value is -5.86. The van der Waals surface area contributed by atoms with Crippen LogP contribution in [0.15, 0.2) is 158 Å². The van der Waals surface area contributed by atoms with E-state index in [4.69, 9.17) is 0 Å². The van der Waals surface area contributed by atoms with Crippen molar-refractivity contribution in [3.8, 4) is 11.1 Å². The van der Waals surface area contributed by atoms with Crippen LogP contribution in [0.2, 0.25) is 0 Å². The van der Waals surface area contributed by atoms with E-state index < -0.39 is 0 Å². The Morgan fingerprint density at radius 1 is 0.433 bits per heavy atom. The largest absolute Gasteiger partial charge is 0.310 e. The van der Waals surface area contributed by atoms with Gasteiger partial charge in [-0.25, -0.2) is 0 Å². The molecule has 5 saturated carbocycles. The fourth-order valence-electron chi connectivity index (χ4n) is 14.9. The molecule has 5 fully saturated rings. The number of rotatable bonds is 8. The quantitative estimate of drug-likeness (QED) is 0.150. The summed E-state index contributed by atoms with van der Waals surface area (Å²) in [6.45, 7) is 4.84. The molecule has 7 aromatic rings. The van der Waals surface area contributed by atoms with Gasteiger partial charge in [-0.15, -0.1) is 0 Å². The minimum absolute atomic E-state index is 0.0772. The van der Waals surface area contributed by atoms with E-state index in [0.29, 0.717) is 11.3 Å². The second kappa shape index (κ2) is 16.4. The van der Waals surface area contributed by atoms with Gasteiger partial charge in [0.05, 0.1) is 0 Å². The molecule has 0 aliphatic heterocycles.